The summed E-state index contributed by atoms with van der Waals surface area (Å²) in [6.45, 7) is 0.452. The Morgan fingerprint density at radius 2 is 2.17 bits per heavy atom. The number of nitrogens with two attached hydrogens (primary N) is 2. The number of amides is 2. The van der Waals surface area contributed by atoms with E-state index in [0.29, 0.717) is 29.0 Å². The summed E-state index contributed by atoms with van der Waals surface area (Å²) >= 11 is 0. The lowest BCUT2D eigenvalue weighted by Gasteiger charge is -2.13. The van der Waals surface area contributed by atoms with Gasteiger partial charge in [0.25, 0.3) is 11.8 Å². The molecule has 3 aromatic rings. The molecule has 1 aromatic carbocycles. The average Bonchev–Trinajstić information content (AvgIpc) is 3.29. The largest absolute Gasteiger partial charge is 0.383 e. The van der Waals surface area contributed by atoms with E-state index in [1.54, 1.807) is 43.7 Å². The molecule has 9 heteroatoms. The van der Waals surface area contributed by atoms with Gasteiger partial charge in [-0.3, -0.25) is 14.0 Å². The number of hydrogen-bond acceptors (Lipinski definition) is 6. The Kier molecular flexibility index (Phi) is 4.21. The number of likely N-dealkylation sites (tertiary alicyclic amines) is 1. The quantitative estimate of drug-likeness (QED) is 0.527. The first-order valence-corrected chi connectivity index (χ1v) is 8.84. The van der Waals surface area contributed by atoms with Crippen molar-refractivity contribution < 1.29 is 14.7 Å². The fourth-order valence-corrected chi connectivity index (χ4v) is 3.27. The Labute approximate surface area is 166 Å². The first-order chi connectivity index (χ1) is 13.8. The Morgan fingerprint density at radius 1 is 1.38 bits per heavy atom. The lowest BCUT2D eigenvalue weighted by Crippen LogP contribution is -2.37. The number of fused-ring (bicyclic) bond motifs is 1. The second kappa shape index (κ2) is 6.61. The Bertz CT molecular complexity index is 1220. The third kappa shape index (κ3) is 3.05. The lowest BCUT2D eigenvalue weighted by molar-refractivity contribution is -0.137. The standard InChI is InChI=1S/C20H18N6O3/c1-25-9-7-20(29,19(25)28)6-5-12-3-2-4-13(11-12)14-18-23-8-10-26(18)16(21)15(24-14)17(22)27/h2-4,8,10-11,29H,7,9,21H2,1H3,(H2,22,27). The molecule has 1 unspecified atom stereocenters. The number of carbonyl (C=O) groups excluding carboxylic acids is 2. The zero-order chi connectivity index (χ0) is 20.8. The van der Waals surface area contributed by atoms with Crippen LogP contribution in [0.25, 0.3) is 16.9 Å². The van der Waals surface area contributed by atoms with E-state index < -0.39 is 17.4 Å². The molecule has 146 valence electrons. The lowest BCUT2D eigenvalue weighted by atomic mass is 10.0. The fourth-order valence-electron chi connectivity index (χ4n) is 3.27. The molecule has 0 aliphatic carbocycles. The summed E-state index contributed by atoms with van der Waals surface area (Å²) in [4.78, 5) is 33.9. The molecular formula is C20H18N6O3. The number of hydrogen-bond donors (Lipinski definition) is 3. The van der Waals surface area contributed by atoms with Gasteiger partial charge >= 0.3 is 0 Å². The molecule has 4 rings (SSSR count). The van der Waals surface area contributed by atoms with Gasteiger partial charge in [-0.15, -0.1) is 0 Å². The van der Waals surface area contributed by atoms with Crippen molar-refractivity contribution in [3.8, 4) is 23.1 Å². The molecule has 1 aliphatic rings. The van der Waals surface area contributed by atoms with Crippen molar-refractivity contribution in [3.63, 3.8) is 0 Å². The van der Waals surface area contributed by atoms with E-state index in [0.717, 1.165) is 0 Å². The predicted octanol–water partition coefficient (Wildman–Crippen LogP) is 0.0221. The first kappa shape index (κ1) is 18.5. The van der Waals surface area contributed by atoms with Crippen molar-refractivity contribution in [1.82, 2.24) is 19.3 Å². The molecule has 2 amide bonds. The number of rotatable bonds is 2. The van der Waals surface area contributed by atoms with E-state index in [-0.39, 0.29) is 17.9 Å². The molecule has 0 spiro atoms. The van der Waals surface area contributed by atoms with Crippen molar-refractivity contribution in [1.29, 1.82) is 0 Å². The molecular weight excluding hydrogens is 372 g/mol. The molecule has 1 fully saturated rings. The Balaban J connectivity index is 1.79. The minimum Gasteiger partial charge on any atom is -0.383 e. The Hall–Kier alpha value is -3.90. The van der Waals surface area contributed by atoms with Crippen molar-refractivity contribution in [2.75, 3.05) is 19.3 Å². The number of aromatic nitrogens is 3. The van der Waals surface area contributed by atoms with E-state index in [4.69, 9.17) is 11.5 Å². The summed E-state index contributed by atoms with van der Waals surface area (Å²) in [5.74, 6) is 4.49. The summed E-state index contributed by atoms with van der Waals surface area (Å²) in [5.41, 5.74) is 11.7. The van der Waals surface area contributed by atoms with Crippen molar-refractivity contribution in [2.24, 2.45) is 5.73 Å². The highest BCUT2D eigenvalue weighted by molar-refractivity contribution is 5.97. The third-order valence-electron chi connectivity index (χ3n) is 4.87. The minimum atomic E-state index is -1.68. The predicted molar refractivity (Wildman–Crippen MR) is 105 cm³/mol. The average molecular weight is 390 g/mol. The number of nitrogen functional groups attached to an aromatic ring is 1. The minimum absolute atomic E-state index is 0.0594. The smallest absolute Gasteiger partial charge is 0.271 e. The van der Waals surface area contributed by atoms with Gasteiger partial charge in [-0.05, 0) is 12.1 Å². The van der Waals surface area contributed by atoms with E-state index in [2.05, 4.69) is 21.8 Å². The highest BCUT2D eigenvalue weighted by atomic mass is 16.3. The number of carbonyl (C=O) groups is 2. The number of imidazole rings is 1. The van der Waals surface area contributed by atoms with Crippen molar-refractivity contribution >= 4 is 23.3 Å². The molecule has 0 bridgehead atoms. The number of nitrogens with zero attached hydrogens (tertiary/aromatic N) is 4. The zero-order valence-corrected chi connectivity index (χ0v) is 15.6. The molecule has 29 heavy (non-hydrogen) atoms. The summed E-state index contributed by atoms with van der Waals surface area (Å²) in [6.07, 6.45) is 3.41. The van der Waals surface area contributed by atoms with Crippen LogP contribution in [-0.4, -0.2) is 55.4 Å². The van der Waals surface area contributed by atoms with Crippen LogP contribution in [0, 0.1) is 11.8 Å². The molecule has 3 heterocycles. The molecule has 5 N–H and O–H groups in total. The van der Waals surface area contributed by atoms with E-state index >= 15 is 0 Å². The topological polar surface area (TPSA) is 140 Å². The van der Waals surface area contributed by atoms with Gasteiger partial charge in [-0.1, -0.05) is 24.0 Å². The van der Waals surface area contributed by atoms with Crippen LogP contribution >= 0.6 is 0 Å². The van der Waals surface area contributed by atoms with Crippen LogP contribution in [0.15, 0.2) is 36.7 Å². The molecule has 0 saturated carbocycles. The Morgan fingerprint density at radius 3 is 2.86 bits per heavy atom. The fraction of sp³-hybridized carbons (Fsp3) is 0.200. The number of likely N-dealkylation sites (N-methyl/N-ethyl adjacent to an activating group) is 1. The number of primary amides is 1. The van der Waals surface area contributed by atoms with Gasteiger partial charge in [0.1, 0.15) is 11.5 Å². The SMILES string of the molecule is CN1CCC(O)(C#Cc2cccc(-c3nc(C(N)=O)c(N)n4ccnc34)c2)C1=O. The van der Waals surface area contributed by atoms with Crippen LogP contribution < -0.4 is 11.5 Å². The van der Waals surface area contributed by atoms with Crippen LogP contribution in [0.2, 0.25) is 0 Å². The van der Waals surface area contributed by atoms with E-state index in [1.165, 1.54) is 9.30 Å². The summed E-state index contributed by atoms with van der Waals surface area (Å²) < 4.78 is 1.54. The molecule has 1 aliphatic heterocycles. The van der Waals surface area contributed by atoms with Crippen LogP contribution in [0.1, 0.15) is 22.5 Å². The number of anilines is 1. The summed E-state index contributed by atoms with van der Waals surface area (Å²) in [6, 6.07) is 7.02. The maximum absolute atomic E-state index is 12.1. The highest BCUT2D eigenvalue weighted by Crippen LogP contribution is 2.26. The zero-order valence-electron chi connectivity index (χ0n) is 15.6. The van der Waals surface area contributed by atoms with Gasteiger partial charge in [0.2, 0.25) is 5.60 Å². The molecule has 1 atom stereocenters. The van der Waals surface area contributed by atoms with Gasteiger partial charge in [-0.25, -0.2) is 9.97 Å². The second-order valence-electron chi connectivity index (χ2n) is 6.85. The van der Waals surface area contributed by atoms with Crippen LogP contribution in [-0.2, 0) is 4.79 Å². The maximum Gasteiger partial charge on any atom is 0.271 e. The summed E-state index contributed by atoms with van der Waals surface area (Å²) in [7, 11) is 1.63. The maximum atomic E-state index is 12.1. The first-order valence-electron chi connectivity index (χ1n) is 8.84. The van der Waals surface area contributed by atoms with Crippen LogP contribution in [0.5, 0.6) is 0 Å². The molecule has 1 saturated heterocycles. The van der Waals surface area contributed by atoms with Crippen molar-refractivity contribution in [2.45, 2.75) is 12.0 Å². The van der Waals surface area contributed by atoms with Gasteiger partial charge < -0.3 is 21.5 Å². The van der Waals surface area contributed by atoms with Crippen LogP contribution in [0.3, 0.4) is 0 Å². The third-order valence-corrected chi connectivity index (χ3v) is 4.87. The number of aliphatic hydroxyl groups is 1. The monoisotopic (exact) mass is 390 g/mol. The normalized spacial score (nSPS) is 18.7. The van der Waals surface area contributed by atoms with Crippen molar-refractivity contribution in [3.05, 3.63) is 47.9 Å². The van der Waals surface area contributed by atoms with Crippen LogP contribution in [0.4, 0.5) is 5.82 Å². The van der Waals surface area contributed by atoms with E-state index in [9.17, 15) is 14.7 Å². The second-order valence-corrected chi connectivity index (χ2v) is 6.85. The molecule has 2 aromatic heterocycles. The van der Waals surface area contributed by atoms with Gasteiger partial charge in [0.05, 0.1) is 0 Å². The summed E-state index contributed by atoms with van der Waals surface area (Å²) in [5, 5.41) is 10.5. The highest BCUT2D eigenvalue weighted by Gasteiger charge is 2.42. The number of benzene rings is 1. The van der Waals surface area contributed by atoms with Gasteiger partial charge in [0, 0.05) is 43.5 Å². The van der Waals surface area contributed by atoms with Gasteiger partial charge in [-0.2, -0.15) is 0 Å². The molecule has 9 nitrogen and oxygen atoms in total. The van der Waals surface area contributed by atoms with E-state index in [1.807, 2.05) is 0 Å². The molecule has 0 radical (unpaired) electrons. The van der Waals surface area contributed by atoms with Gasteiger partial charge in [0.15, 0.2) is 11.3 Å².